The van der Waals surface area contributed by atoms with E-state index in [0.29, 0.717) is 0 Å². The van der Waals surface area contributed by atoms with E-state index in [9.17, 15) is 5.11 Å². The Hall–Kier alpha value is -1.32. The van der Waals surface area contributed by atoms with Gasteiger partial charge in [-0.15, -0.1) is 11.8 Å². The summed E-state index contributed by atoms with van der Waals surface area (Å²) >= 11 is 6.98. The van der Waals surface area contributed by atoms with Gasteiger partial charge in [0.1, 0.15) is 5.75 Å². The summed E-state index contributed by atoms with van der Waals surface area (Å²) in [7, 11) is 0. The molecule has 0 heterocycles. The van der Waals surface area contributed by atoms with Crippen LogP contribution in [0.1, 0.15) is 11.1 Å². The largest absolute Gasteiger partial charge is 0.508 e. The molecule has 0 aliphatic rings. The molecule has 0 atom stereocenters. The minimum atomic E-state index is 0.268. The Bertz CT molecular complexity index is 491. The van der Waals surface area contributed by atoms with E-state index in [1.165, 1.54) is 5.56 Å². The van der Waals surface area contributed by atoms with Gasteiger partial charge in [-0.2, -0.15) is 0 Å². The molecule has 17 heavy (non-hydrogen) atoms. The van der Waals surface area contributed by atoms with Crippen molar-refractivity contribution in [3.63, 3.8) is 0 Å². The summed E-state index contributed by atoms with van der Waals surface area (Å²) in [5.41, 5.74) is 2.25. The summed E-state index contributed by atoms with van der Waals surface area (Å²) in [5, 5.41) is 9.20. The molecule has 1 nitrogen and oxygen atoms in total. The van der Waals surface area contributed by atoms with Crippen molar-refractivity contribution < 1.29 is 5.11 Å². The third-order valence-corrected chi connectivity index (χ3v) is 3.88. The minimum Gasteiger partial charge on any atom is -0.508 e. The molecule has 0 bridgehead atoms. The zero-order valence-electron chi connectivity index (χ0n) is 9.17. The summed E-state index contributed by atoms with van der Waals surface area (Å²) in [6.07, 6.45) is 0. The van der Waals surface area contributed by atoms with Gasteiger partial charge in [-0.1, -0.05) is 42.5 Å². The maximum atomic E-state index is 9.20. The average Bonchev–Trinajstić information content (AvgIpc) is 2.38. The highest BCUT2D eigenvalue weighted by molar-refractivity contribution is 8.23. The van der Waals surface area contributed by atoms with Gasteiger partial charge in [-0.3, -0.25) is 0 Å². The molecule has 3 heteroatoms. The van der Waals surface area contributed by atoms with E-state index < -0.39 is 0 Å². The van der Waals surface area contributed by atoms with Crippen molar-refractivity contribution in [3.8, 4) is 5.75 Å². The summed E-state index contributed by atoms with van der Waals surface area (Å²) in [4.78, 5) is 0. The number of hydrogen-bond donors (Lipinski definition) is 1. The van der Waals surface area contributed by atoms with E-state index in [-0.39, 0.29) is 5.75 Å². The first-order chi connectivity index (χ1) is 8.25. The van der Waals surface area contributed by atoms with Crippen LogP contribution in [0.5, 0.6) is 5.75 Å². The van der Waals surface area contributed by atoms with E-state index >= 15 is 0 Å². The van der Waals surface area contributed by atoms with Gasteiger partial charge in [0.05, 0.1) is 4.20 Å². The van der Waals surface area contributed by atoms with Crippen molar-refractivity contribution in [1.29, 1.82) is 0 Å². The van der Waals surface area contributed by atoms with Gasteiger partial charge in [-0.25, -0.2) is 0 Å². The number of thiocarbonyl (C=S) groups is 1. The maximum absolute atomic E-state index is 9.20. The zero-order valence-corrected chi connectivity index (χ0v) is 10.8. The Balaban J connectivity index is 1.96. The molecular formula is C14H12OS2. The zero-order chi connectivity index (χ0) is 12.1. The Morgan fingerprint density at radius 3 is 2.29 bits per heavy atom. The third-order valence-electron chi connectivity index (χ3n) is 2.32. The molecule has 0 amide bonds. The Labute approximate surface area is 110 Å². The predicted octanol–water partition coefficient (Wildman–Crippen LogP) is 4.00. The molecule has 0 aliphatic carbocycles. The van der Waals surface area contributed by atoms with Gasteiger partial charge < -0.3 is 5.11 Å². The Morgan fingerprint density at radius 2 is 1.65 bits per heavy atom. The number of thioether (sulfide) groups is 1. The molecule has 0 saturated carbocycles. The highest BCUT2D eigenvalue weighted by atomic mass is 32.2. The second-order valence-corrected chi connectivity index (χ2v) is 5.26. The number of rotatable bonds is 3. The van der Waals surface area contributed by atoms with Crippen LogP contribution in [-0.4, -0.2) is 9.30 Å². The molecule has 0 radical (unpaired) electrons. The molecule has 2 rings (SSSR count). The minimum absolute atomic E-state index is 0.268. The first kappa shape index (κ1) is 12.1. The van der Waals surface area contributed by atoms with Crippen LogP contribution in [-0.2, 0) is 5.75 Å². The Morgan fingerprint density at radius 1 is 1.00 bits per heavy atom. The number of phenols is 1. The lowest BCUT2D eigenvalue weighted by atomic mass is 10.2. The molecule has 1 N–H and O–H groups in total. The van der Waals surface area contributed by atoms with Gasteiger partial charge in [0.2, 0.25) is 0 Å². The molecule has 2 aromatic carbocycles. The first-order valence-corrected chi connectivity index (χ1v) is 6.65. The fourth-order valence-corrected chi connectivity index (χ4v) is 2.51. The number of phenolic OH excluding ortho intramolecular Hbond substituents is 1. The standard InChI is InChI=1S/C14H12OS2/c15-13-8-6-12(7-9-13)14(16)17-10-11-4-2-1-3-5-11/h1-9,15H,10H2. The van der Waals surface area contributed by atoms with Crippen LogP contribution in [0.2, 0.25) is 0 Å². The van der Waals surface area contributed by atoms with Crippen molar-refractivity contribution in [3.05, 3.63) is 65.7 Å². The van der Waals surface area contributed by atoms with Crippen LogP contribution in [0.4, 0.5) is 0 Å². The van der Waals surface area contributed by atoms with Crippen molar-refractivity contribution in [1.82, 2.24) is 0 Å². The van der Waals surface area contributed by atoms with Crippen molar-refractivity contribution in [2.75, 3.05) is 0 Å². The van der Waals surface area contributed by atoms with Crippen LogP contribution in [0.3, 0.4) is 0 Å². The topological polar surface area (TPSA) is 20.2 Å². The summed E-state index contributed by atoms with van der Waals surface area (Å²) in [6.45, 7) is 0. The van der Waals surface area contributed by atoms with Gasteiger partial charge in [0.15, 0.2) is 0 Å². The number of hydrogen-bond acceptors (Lipinski definition) is 3. The summed E-state index contributed by atoms with van der Waals surface area (Å²) in [5.74, 6) is 1.14. The highest BCUT2D eigenvalue weighted by Gasteiger charge is 2.02. The van der Waals surface area contributed by atoms with Gasteiger partial charge in [0.25, 0.3) is 0 Å². The summed E-state index contributed by atoms with van der Waals surface area (Å²) in [6, 6.07) is 17.2. The van der Waals surface area contributed by atoms with E-state index in [4.69, 9.17) is 12.2 Å². The van der Waals surface area contributed by atoms with Crippen LogP contribution in [0, 0.1) is 0 Å². The molecule has 0 fully saturated rings. The lowest BCUT2D eigenvalue weighted by Crippen LogP contribution is -1.92. The molecule has 2 aromatic rings. The second kappa shape index (κ2) is 5.84. The van der Waals surface area contributed by atoms with Gasteiger partial charge in [-0.05, 0) is 35.4 Å². The molecule has 86 valence electrons. The molecule has 0 aromatic heterocycles. The van der Waals surface area contributed by atoms with Crippen molar-refractivity contribution in [2.45, 2.75) is 5.75 Å². The van der Waals surface area contributed by atoms with Crippen LogP contribution >= 0.6 is 24.0 Å². The molecule has 0 saturated heterocycles. The number of aromatic hydroxyl groups is 1. The number of benzene rings is 2. The fraction of sp³-hybridized carbons (Fsp3) is 0.0714. The molecular weight excluding hydrogens is 248 g/mol. The van der Waals surface area contributed by atoms with Crippen molar-refractivity contribution in [2.24, 2.45) is 0 Å². The average molecular weight is 260 g/mol. The molecule has 0 spiro atoms. The SMILES string of the molecule is Oc1ccc(C(=S)SCc2ccccc2)cc1. The molecule has 0 aliphatic heterocycles. The maximum Gasteiger partial charge on any atom is 0.115 e. The van der Waals surface area contributed by atoms with E-state index in [2.05, 4.69) is 12.1 Å². The quantitative estimate of drug-likeness (QED) is 0.842. The van der Waals surface area contributed by atoms with Crippen LogP contribution < -0.4 is 0 Å². The van der Waals surface area contributed by atoms with E-state index in [1.54, 1.807) is 23.9 Å². The highest BCUT2D eigenvalue weighted by Crippen LogP contribution is 2.20. The lowest BCUT2D eigenvalue weighted by Gasteiger charge is -2.04. The normalized spacial score (nSPS) is 10.1. The first-order valence-electron chi connectivity index (χ1n) is 5.26. The van der Waals surface area contributed by atoms with Gasteiger partial charge in [0, 0.05) is 5.75 Å². The van der Waals surface area contributed by atoms with Crippen molar-refractivity contribution >= 4 is 28.2 Å². The lowest BCUT2D eigenvalue weighted by molar-refractivity contribution is 0.475. The monoisotopic (exact) mass is 260 g/mol. The van der Waals surface area contributed by atoms with E-state index in [0.717, 1.165) is 15.5 Å². The second-order valence-electron chi connectivity index (χ2n) is 3.61. The molecule has 0 unspecified atom stereocenters. The fourth-order valence-electron chi connectivity index (χ4n) is 1.40. The van der Waals surface area contributed by atoms with Crippen LogP contribution in [0.15, 0.2) is 54.6 Å². The smallest absolute Gasteiger partial charge is 0.115 e. The van der Waals surface area contributed by atoms with Crippen LogP contribution in [0.25, 0.3) is 0 Å². The third kappa shape index (κ3) is 3.58. The predicted molar refractivity (Wildman–Crippen MR) is 77.5 cm³/mol. The Kier molecular flexibility index (Phi) is 4.18. The van der Waals surface area contributed by atoms with E-state index in [1.807, 2.05) is 30.3 Å². The summed E-state index contributed by atoms with van der Waals surface area (Å²) < 4.78 is 0.855. The van der Waals surface area contributed by atoms with Gasteiger partial charge >= 0.3 is 0 Å².